The summed E-state index contributed by atoms with van der Waals surface area (Å²) in [6, 6.07) is 5.49. The van der Waals surface area contributed by atoms with E-state index < -0.39 is 15.6 Å². The van der Waals surface area contributed by atoms with Crippen LogP contribution in [0.5, 0.6) is 0 Å². The molecule has 0 aliphatic carbocycles. The van der Waals surface area contributed by atoms with Crippen LogP contribution in [0.2, 0.25) is 0 Å². The zero-order valence-electron chi connectivity index (χ0n) is 10.9. The van der Waals surface area contributed by atoms with E-state index in [0.717, 1.165) is 25.1 Å². The van der Waals surface area contributed by atoms with Crippen LogP contribution in [0.1, 0.15) is 12.8 Å². The lowest BCUT2D eigenvalue weighted by Gasteiger charge is -2.33. The van der Waals surface area contributed by atoms with Gasteiger partial charge in [-0.3, -0.25) is 0 Å². The molecule has 1 atom stereocenters. The number of aliphatic hydroxyl groups excluding tert-OH is 1. The molecule has 1 aliphatic rings. The molecule has 0 radical (unpaired) electrons. The third kappa shape index (κ3) is 3.09. The number of halogens is 2. The monoisotopic (exact) mass is 305 g/mol. The number of hydrogen-bond acceptors (Lipinski definition) is 4. The van der Waals surface area contributed by atoms with Gasteiger partial charge in [0.05, 0.1) is 4.90 Å². The predicted molar refractivity (Wildman–Crippen MR) is 71.7 cm³/mol. The second-order valence-corrected chi connectivity index (χ2v) is 6.85. The SMILES string of the molecule is O=S(=O)(c1ccc(N2CCC[C@H](CO)C2)cc1)C(F)F. The molecule has 0 bridgehead atoms. The summed E-state index contributed by atoms with van der Waals surface area (Å²) in [5.74, 6) is -3.20. The Balaban J connectivity index is 2.16. The number of sulfone groups is 1. The maximum absolute atomic E-state index is 12.4. The van der Waals surface area contributed by atoms with E-state index in [9.17, 15) is 22.3 Å². The van der Waals surface area contributed by atoms with E-state index in [4.69, 9.17) is 0 Å². The first kappa shape index (κ1) is 15.2. The van der Waals surface area contributed by atoms with Crippen LogP contribution in [-0.4, -0.2) is 39.0 Å². The van der Waals surface area contributed by atoms with Crippen molar-refractivity contribution in [3.63, 3.8) is 0 Å². The smallest absolute Gasteiger partial charge is 0.341 e. The Morgan fingerprint density at radius 3 is 2.50 bits per heavy atom. The van der Waals surface area contributed by atoms with Gasteiger partial charge >= 0.3 is 5.76 Å². The summed E-state index contributed by atoms with van der Waals surface area (Å²) in [4.78, 5) is 1.66. The van der Waals surface area contributed by atoms with E-state index in [1.807, 2.05) is 4.90 Å². The average Bonchev–Trinajstić information content (AvgIpc) is 2.47. The van der Waals surface area contributed by atoms with E-state index in [2.05, 4.69) is 0 Å². The van der Waals surface area contributed by atoms with Crippen LogP contribution in [0, 0.1) is 5.92 Å². The Labute approximate surface area is 116 Å². The highest BCUT2D eigenvalue weighted by atomic mass is 32.2. The minimum atomic E-state index is -4.53. The highest BCUT2D eigenvalue weighted by Gasteiger charge is 2.27. The van der Waals surface area contributed by atoms with Crippen LogP contribution < -0.4 is 4.90 Å². The van der Waals surface area contributed by atoms with Crippen LogP contribution in [-0.2, 0) is 9.84 Å². The lowest BCUT2D eigenvalue weighted by atomic mass is 9.98. The summed E-state index contributed by atoms with van der Waals surface area (Å²) in [7, 11) is -4.53. The fourth-order valence-electron chi connectivity index (χ4n) is 2.40. The molecule has 20 heavy (non-hydrogen) atoms. The summed E-state index contributed by atoms with van der Waals surface area (Å²) in [6.45, 7) is 1.63. The van der Waals surface area contributed by atoms with Crippen LogP contribution >= 0.6 is 0 Å². The first-order valence-electron chi connectivity index (χ1n) is 6.43. The van der Waals surface area contributed by atoms with Gasteiger partial charge in [-0.2, -0.15) is 8.78 Å². The van der Waals surface area contributed by atoms with Gasteiger partial charge in [0.15, 0.2) is 0 Å². The standard InChI is InChI=1S/C13H17F2NO3S/c14-13(15)20(18,19)12-5-3-11(4-6-12)16-7-1-2-10(8-16)9-17/h3-6,10,13,17H,1-2,7-9H2/t10-/m0/s1. The molecule has 1 aromatic rings. The van der Waals surface area contributed by atoms with Crippen molar-refractivity contribution in [3.05, 3.63) is 24.3 Å². The van der Waals surface area contributed by atoms with Crippen molar-refractivity contribution in [2.24, 2.45) is 5.92 Å². The normalized spacial score (nSPS) is 20.4. The molecule has 1 aromatic carbocycles. The van der Waals surface area contributed by atoms with E-state index in [1.165, 1.54) is 24.3 Å². The number of benzene rings is 1. The molecule has 112 valence electrons. The molecular formula is C13H17F2NO3S. The van der Waals surface area contributed by atoms with Crippen molar-refractivity contribution in [2.75, 3.05) is 24.6 Å². The molecule has 1 saturated heterocycles. The quantitative estimate of drug-likeness (QED) is 0.923. The van der Waals surface area contributed by atoms with Crippen molar-refractivity contribution < 1.29 is 22.3 Å². The molecule has 0 spiro atoms. The average molecular weight is 305 g/mol. The van der Waals surface area contributed by atoms with Crippen LogP contribution in [0.4, 0.5) is 14.5 Å². The minimum absolute atomic E-state index is 0.119. The van der Waals surface area contributed by atoms with Gasteiger partial charge in [-0.1, -0.05) is 0 Å². The first-order chi connectivity index (χ1) is 9.45. The largest absolute Gasteiger partial charge is 0.396 e. The van der Waals surface area contributed by atoms with Crippen LogP contribution in [0.3, 0.4) is 0 Å². The molecule has 1 heterocycles. The Hall–Kier alpha value is -1.21. The highest BCUT2D eigenvalue weighted by molar-refractivity contribution is 7.91. The number of rotatable bonds is 4. The van der Waals surface area contributed by atoms with Crippen molar-refractivity contribution in [1.29, 1.82) is 0 Å². The fourth-order valence-corrected chi connectivity index (χ4v) is 3.12. The second kappa shape index (κ2) is 6.05. The van der Waals surface area contributed by atoms with E-state index in [1.54, 1.807) is 0 Å². The molecule has 0 unspecified atom stereocenters. The Morgan fingerprint density at radius 2 is 1.95 bits per heavy atom. The van der Waals surface area contributed by atoms with Crippen molar-refractivity contribution in [2.45, 2.75) is 23.5 Å². The molecule has 0 saturated carbocycles. The molecule has 1 aliphatic heterocycles. The fraction of sp³-hybridized carbons (Fsp3) is 0.538. The predicted octanol–water partition coefficient (Wildman–Crippen LogP) is 1.89. The molecular weight excluding hydrogens is 288 g/mol. The Morgan fingerprint density at radius 1 is 1.30 bits per heavy atom. The summed E-state index contributed by atoms with van der Waals surface area (Å²) >= 11 is 0. The van der Waals surface area contributed by atoms with Gasteiger partial charge in [-0.25, -0.2) is 8.42 Å². The van der Waals surface area contributed by atoms with E-state index in [-0.39, 0.29) is 17.4 Å². The second-order valence-electron chi connectivity index (χ2n) is 4.94. The topological polar surface area (TPSA) is 57.6 Å². The van der Waals surface area contributed by atoms with Gasteiger partial charge in [0.25, 0.3) is 0 Å². The zero-order chi connectivity index (χ0) is 14.8. The van der Waals surface area contributed by atoms with Crippen LogP contribution in [0.25, 0.3) is 0 Å². The number of nitrogens with zero attached hydrogens (tertiary/aromatic N) is 1. The van der Waals surface area contributed by atoms with Gasteiger partial charge in [-0.05, 0) is 43.0 Å². The number of piperidine rings is 1. The Kier molecular flexibility index (Phi) is 4.59. The van der Waals surface area contributed by atoms with Gasteiger partial charge in [0, 0.05) is 25.4 Å². The summed E-state index contributed by atoms with van der Waals surface area (Å²) in [5, 5.41) is 9.18. The summed E-state index contributed by atoms with van der Waals surface area (Å²) in [5.41, 5.74) is 0.788. The van der Waals surface area contributed by atoms with Gasteiger partial charge < -0.3 is 10.0 Å². The van der Waals surface area contributed by atoms with E-state index >= 15 is 0 Å². The maximum atomic E-state index is 12.4. The number of hydrogen-bond donors (Lipinski definition) is 1. The maximum Gasteiger partial charge on any atom is 0.341 e. The summed E-state index contributed by atoms with van der Waals surface area (Å²) in [6.07, 6.45) is 1.91. The van der Waals surface area contributed by atoms with Gasteiger partial charge in [0.2, 0.25) is 9.84 Å². The lowest BCUT2D eigenvalue weighted by molar-refractivity contribution is 0.208. The molecule has 1 fully saturated rings. The van der Waals surface area contributed by atoms with Crippen molar-refractivity contribution >= 4 is 15.5 Å². The third-order valence-corrected chi connectivity index (χ3v) is 4.94. The highest BCUT2D eigenvalue weighted by Crippen LogP contribution is 2.25. The lowest BCUT2D eigenvalue weighted by Crippen LogP contribution is -2.36. The van der Waals surface area contributed by atoms with Crippen molar-refractivity contribution in [3.8, 4) is 0 Å². The van der Waals surface area contributed by atoms with Crippen LogP contribution in [0.15, 0.2) is 29.2 Å². The number of alkyl halides is 2. The Bertz CT molecular complexity index is 545. The first-order valence-corrected chi connectivity index (χ1v) is 7.97. The van der Waals surface area contributed by atoms with Gasteiger partial charge in [-0.15, -0.1) is 0 Å². The molecule has 4 nitrogen and oxygen atoms in total. The number of anilines is 1. The van der Waals surface area contributed by atoms with Gasteiger partial charge in [0.1, 0.15) is 0 Å². The van der Waals surface area contributed by atoms with E-state index in [0.29, 0.717) is 6.54 Å². The molecule has 0 amide bonds. The molecule has 1 N–H and O–H groups in total. The number of aliphatic hydroxyl groups is 1. The third-order valence-electron chi connectivity index (χ3n) is 3.54. The molecule has 7 heteroatoms. The molecule has 2 rings (SSSR count). The minimum Gasteiger partial charge on any atom is -0.396 e. The zero-order valence-corrected chi connectivity index (χ0v) is 11.7. The molecule has 0 aromatic heterocycles. The van der Waals surface area contributed by atoms with Crippen molar-refractivity contribution in [1.82, 2.24) is 0 Å². The summed E-state index contributed by atoms with van der Waals surface area (Å²) < 4.78 is 47.5.